The first-order chi connectivity index (χ1) is 9.60. The van der Waals surface area contributed by atoms with Crippen molar-refractivity contribution in [3.8, 4) is 6.07 Å². The first-order valence-corrected chi connectivity index (χ1v) is 7.56. The highest BCUT2D eigenvalue weighted by Crippen LogP contribution is 2.28. The van der Waals surface area contributed by atoms with Crippen LogP contribution in [0, 0.1) is 11.3 Å². The zero-order chi connectivity index (χ0) is 14.5. The predicted octanol–water partition coefficient (Wildman–Crippen LogP) is 4.56. The number of halogens is 1. The molecule has 0 aliphatic carbocycles. The van der Waals surface area contributed by atoms with Crippen molar-refractivity contribution in [2.75, 3.05) is 0 Å². The number of hydrogen-bond donors (Lipinski definition) is 1. The summed E-state index contributed by atoms with van der Waals surface area (Å²) in [5, 5.41) is 19.0. The molecule has 2 rings (SSSR count). The van der Waals surface area contributed by atoms with Crippen LogP contribution in [-0.4, -0.2) is 5.11 Å². The van der Waals surface area contributed by atoms with E-state index in [1.54, 1.807) is 30.8 Å². The summed E-state index contributed by atoms with van der Waals surface area (Å²) in [7, 11) is 0. The molecule has 0 fully saturated rings. The Hall–Kier alpha value is -1.47. The first-order valence-electron chi connectivity index (χ1n) is 6.19. The summed E-state index contributed by atoms with van der Waals surface area (Å²) in [5.41, 5.74) is 2.47. The van der Waals surface area contributed by atoms with Gasteiger partial charge in [0.2, 0.25) is 0 Å². The van der Waals surface area contributed by atoms with E-state index in [0.29, 0.717) is 10.6 Å². The molecule has 0 radical (unpaired) electrons. The molecular weight excluding hydrogens is 290 g/mol. The summed E-state index contributed by atoms with van der Waals surface area (Å²) in [6.45, 7) is 1.75. The fraction of sp³-hybridized carbons (Fsp3) is 0.188. The minimum Gasteiger partial charge on any atom is -0.389 e. The maximum Gasteiger partial charge on any atom is 0.0992 e. The molecule has 0 aliphatic heterocycles. The van der Waals surface area contributed by atoms with Crippen LogP contribution in [-0.2, 0) is 5.75 Å². The van der Waals surface area contributed by atoms with E-state index in [2.05, 4.69) is 6.07 Å². The number of aliphatic hydroxyl groups is 1. The van der Waals surface area contributed by atoms with Gasteiger partial charge in [-0.05, 0) is 42.3 Å². The lowest BCUT2D eigenvalue weighted by atomic mass is 10.1. The molecule has 2 aromatic rings. The van der Waals surface area contributed by atoms with Gasteiger partial charge in [0.05, 0.1) is 17.7 Å². The Morgan fingerprint density at radius 1 is 1.30 bits per heavy atom. The molecule has 1 atom stereocenters. The van der Waals surface area contributed by atoms with E-state index in [9.17, 15) is 5.11 Å². The van der Waals surface area contributed by atoms with E-state index < -0.39 is 6.10 Å². The average Bonchev–Trinajstić information content (AvgIpc) is 2.46. The number of rotatable bonds is 4. The molecule has 102 valence electrons. The van der Waals surface area contributed by atoms with Crippen molar-refractivity contribution in [2.45, 2.75) is 23.7 Å². The number of nitrogens with zero attached hydrogens (tertiary/aromatic N) is 1. The molecule has 0 aromatic heterocycles. The van der Waals surface area contributed by atoms with Crippen molar-refractivity contribution in [3.63, 3.8) is 0 Å². The van der Waals surface area contributed by atoms with Crippen LogP contribution in [0.15, 0.2) is 47.4 Å². The maximum absolute atomic E-state index is 9.57. The molecule has 2 aromatic carbocycles. The van der Waals surface area contributed by atoms with E-state index in [0.717, 1.165) is 21.8 Å². The zero-order valence-corrected chi connectivity index (χ0v) is 12.6. The van der Waals surface area contributed by atoms with Gasteiger partial charge in [0.15, 0.2) is 0 Å². The fourth-order valence-electron chi connectivity index (χ4n) is 1.76. The summed E-state index contributed by atoms with van der Waals surface area (Å²) < 4.78 is 0. The summed E-state index contributed by atoms with van der Waals surface area (Å²) in [6.07, 6.45) is -0.464. The highest BCUT2D eigenvalue weighted by atomic mass is 35.5. The van der Waals surface area contributed by atoms with Crippen LogP contribution in [0.1, 0.15) is 29.7 Å². The van der Waals surface area contributed by atoms with Gasteiger partial charge >= 0.3 is 0 Å². The maximum atomic E-state index is 9.57. The van der Waals surface area contributed by atoms with Gasteiger partial charge in [-0.3, -0.25) is 0 Å². The molecule has 0 amide bonds. The average molecular weight is 304 g/mol. The molecule has 2 nitrogen and oxygen atoms in total. The van der Waals surface area contributed by atoms with Gasteiger partial charge in [-0.25, -0.2) is 0 Å². The van der Waals surface area contributed by atoms with Gasteiger partial charge in [0.1, 0.15) is 0 Å². The Morgan fingerprint density at radius 3 is 2.75 bits per heavy atom. The molecular formula is C16H14ClNOS. The summed E-state index contributed by atoms with van der Waals surface area (Å²) in [6, 6.07) is 15.2. The van der Waals surface area contributed by atoms with Crippen molar-refractivity contribution >= 4 is 23.4 Å². The van der Waals surface area contributed by atoms with Crippen molar-refractivity contribution in [1.29, 1.82) is 5.26 Å². The Kier molecular flexibility index (Phi) is 5.08. The molecule has 0 saturated carbocycles. The van der Waals surface area contributed by atoms with Crippen LogP contribution in [0.3, 0.4) is 0 Å². The normalized spacial score (nSPS) is 11.9. The van der Waals surface area contributed by atoms with Gasteiger partial charge in [0.25, 0.3) is 0 Å². The number of thioether (sulfide) groups is 1. The van der Waals surface area contributed by atoms with Crippen molar-refractivity contribution in [1.82, 2.24) is 0 Å². The Labute approximate surface area is 128 Å². The van der Waals surface area contributed by atoms with Crippen molar-refractivity contribution in [3.05, 3.63) is 64.2 Å². The second-order valence-corrected chi connectivity index (χ2v) is 5.91. The van der Waals surface area contributed by atoms with Crippen LogP contribution in [0.2, 0.25) is 5.02 Å². The molecule has 1 unspecified atom stereocenters. The van der Waals surface area contributed by atoms with Gasteiger partial charge in [0, 0.05) is 15.7 Å². The number of hydrogen-bond acceptors (Lipinski definition) is 3. The third-order valence-electron chi connectivity index (χ3n) is 2.92. The van der Waals surface area contributed by atoms with E-state index in [-0.39, 0.29) is 0 Å². The summed E-state index contributed by atoms with van der Waals surface area (Å²) in [4.78, 5) is 1.09. The van der Waals surface area contributed by atoms with E-state index >= 15 is 0 Å². The highest BCUT2D eigenvalue weighted by Gasteiger charge is 2.05. The molecule has 4 heteroatoms. The zero-order valence-electron chi connectivity index (χ0n) is 11.0. The molecule has 0 aliphatic rings. The Morgan fingerprint density at radius 2 is 2.10 bits per heavy atom. The molecule has 1 N–H and O–H groups in total. The Bertz CT molecular complexity index is 649. The molecule has 0 saturated heterocycles. The quantitative estimate of drug-likeness (QED) is 0.842. The molecule has 0 spiro atoms. The molecule has 20 heavy (non-hydrogen) atoms. The van der Waals surface area contributed by atoms with E-state index in [1.165, 1.54) is 0 Å². The smallest absolute Gasteiger partial charge is 0.0992 e. The second kappa shape index (κ2) is 6.81. The molecule has 0 bridgehead atoms. The monoisotopic (exact) mass is 303 g/mol. The highest BCUT2D eigenvalue weighted by molar-refractivity contribution is 7.98. The lowest BCUT2D eigenvalue weighted by molar-refractivity contribution is 0.199. The van der Waals surface area contributed by atoms with Crippen molar-refractivity contribution in [2.24, 2.45) is 0 Å². The second-order valence-electron chi connectivity index (χ2n) is 4.46. The molecule has 0 heterocycles. The third kappa shape index (κ3) is 3.77. The fourth-order valence-corrected chi connectivity index (χ4v) is 3.05. The summed E-state index contributed by atoms with van der Waals surface area (Å²) in [5.74, 6) is 0.730. The topological polar surface area (TPSA) is 44.0 Å². The largest absolute Gasteiger partial charge is 0.389 e. The number of benzene rings is 2. The van der Waals surface area contributed by atoms with Crippen LogP contribution >= 0.6 is 23.4 Å². The van der Waals surface area contributed by atoms with Crippen LogP contribution in [0.4, 0.5) is 0 Å². The Balaban J connectivity index is 2.09. The van der Waals surface area contributed by atoms with E-state index in [1.807, 2.05) is 30.3 Å². The standard InChI is InChI=1S/C16H14ClNOS/c1-11(19)13-3-2-4-15(8-13)20-10-14-6-5-12(9-18)7-16(14)17/h2-8,11,19H,10H2,1H3. The lowest BCUT2D eigenvalue weighted by Crippen LogP contribution is -1.90. The third-order valence-corrected chi connectivity index (χ3v) is 4.31. The SMILES string of the molecule is CC(O)c1cccc(SCc2ccc(C#N)cc2Cl)c1. The van der Waals surface area contributed by atoms with Crippen LogP contribution in [0.25, 0.3) is 0 Å². The van der Waals surface area contributed by atoms with Crippen molar-refractivity contribution < 1.29 is 5.11 Å². The number of nitriles is 1. The minimum atomic E-state index is -0.464. The predicted molar refractivity (Wildman–Crippen MR) is 82.8 cm³/mol. The minimum absolute atomic E-state index is 0.464. The summed E-state index contributed by atoms with van der Waals surface area (Å²) >= 11 is 7.81. The number of aliphatic hydroxyl groups excluding tert-OH is 1. The van der Waals surface area contributed by atoms with E-state index in [4.69, 9.17) is 16.9 Å². The van der Waals surface area contributed by atoms with Gasteiger partial charge < -0.3 is 5.11 Å². The van der Waals surface area contributed by atoms with Gasteiger partial charge in [-0.15, -0.1) is 11.8 Å². The van der Waals surface area contributed by atoms with Gasteiger partial charge in [-0.2, -0.15) is 5.26 Å². The lowest BCUT2D eigenvalue weighted by Gasteiger charge is -2.08. The van der Waals surface area contributed by atoms with Crippen LogP contribution in [0.5, 0.6) is 0 Å². The van der Waals surface area contributed by atoms with Crippen LogP contribution < -0.4 is 0 Å². The first kappa shape index (κ1) is 14.9. The van der Waals surface area contributed by atoms with Gasteiger partial charge in [-0.1, -0.05) is 29.8 Å².